The molecule has 0 saturated heterocycles. The Bertz CT molecular complexity index is 572. The first kappa shape index (κ1) is 15.1. The molecule has 1 atom stereocenters. The SMILES string of the molecule is COC(=O)C1(CN)CC(c2ccc(OC)c(OC)c2)=NO1. The highest BCUT2D eigenvalue weighted by atomic mass is 16.7. The second-order valence-electron chi connectivity index (χ2n) is 4.57. The maximum absolute atomic E-state index is 11.8. The molecule has 0 radical (unpaired) electrons. The summed E-state index contributed by atoms with van der Waals surface area (Å²) in [6, 6.07) is 5.34. The van der Waals surface area contributed by atoms with Gasteiger partial charge in [-0.25, -0.2) is 4.79 Å². The van der Waals surface area contributed by atoms with Crippen LogP contribution in [0.3, 0.4) is 0 Å². The molecule has 1 aromatic carbocycles. The Balaban J connectivity index is 2.27. The molecule has 114 valence electrons. The minimum absolute atomic E-state index is 0.0139. The molecule has 1 aromatic rings. The van der Waals surface area contributed by atoms with Crippen LogP contribution in [0, 0.1) is 0 Å². The Labute approximate surface area is 122 Å². The van der Waals surface area contributed by atoms with Gasteiger partial charge in [0, 0.05) is 18.5 Å². The Hall–Kier alpha value is -2.28. The number of benzene rings is 1. The fraction of sp³-hybridized carbons (Fsp3) is 0.429. The van der Waals surface area contributed by atoms with Gasteiger partial charge in [-0.2, -0.15) is 0 Å². The van der Waals surface area contributed by atoms with Gasteiger partial charge in [-0.1, -0.05) is 5.16 Å². The summed E-state index contributed by atoms with van der Waals surface area (Å²) in [5, 5.41) is 3.97. The molecule has 1 unspecified atom stereocenters. The van der Waals surface area contributed by atoms with Crippen molar-refractivity contribution >= 4 is 11.7 Å². The van der Waals surface area contributed by atoms with Gasteiger partial charge in [0.2, 0.25) is 0 Å². The van der Waals surface area contributed by atoms with E-state index in [0.717, 1.165) is 5.56 Å². The van der Waals surface area contributed by atoms with Crippen molar-refractivity contribution in [3.05, 3.63) is 23.8 Å². The number of oxime groups is 1. The van der Waals surface area contributed by atoms with Crippen LogP contribution in [0.1, 0.15) is 12.0 Å². The minimum Gasteiger partial charge on any atom is -0.493 e. The van der Waals surface area contributed by atoms with E-state index in [9.17, 15) is 4.79 Å². The van der Waals surface area contributed by atoms with Crippen molar-refractivity contribution in [1.29, 1.82) is 0 Å². The molecule has 2 N–H and O–H groups in total. The van der Waals surface area contributed by atoms with Crippen LogP contribution < -0.4 is 15.2 Å². The van der Waals surface area contributed by atoms with Crippen LogP contribution in [0.4, 0.5) is 0 Å². The largest absolute Gasteiger partial charge is 0.493 e. The molecule has 0 spiro atoms. The second kappa shape index (κ2) is 6.01. The smallest absolute Gasteiger partial charge is 0.354 e. The van der Waals surface area contributed by atoms with Gasteiger partial charge in [0.15, 0.2) is 11.5 Å². The van der Waals surface area contributed by atoms with Crippen molar-refractivity contribution in [2.75, 3.05) is 27.9 Å². The fourth-order valence-corrected chi connectivity index (χ4v) is 2.14. The number of carbonyl (C=O) groups is 1. The summed E-state index contributed by atoms with van der Waals surface area (Å²) in [5.74, 6) is 0.643. The number of nitrogens with two attached hydrogens (primary N) is 1. The van der Waals surface area contributed by atoms with Gasteiger partial charge in [-0.3, -0.25) is 0 Å². The summed E-state index contributed by atoms with van der Waals surface area (Å²) >= 11 is 0. The Morgan fingerprint density at radius 2 is 2.05 bits per heavy atom. The first-order valence-corrected chi connectivity index (χ1v) is 6.36. The summed E-state index contributed by atoms with van der Waals surface area (Å²) in [6.45, 7) is -0.0139. The minimum atomic E-state index is -1.25. The Morgan fingerprint density at radius 1 is 1.33 bits per heavy atom. The third-order valence-corrected chi connectivity index (χ3v) is 3.39. The van der Waals surface area contributed by atoms with Crippen LogP contribution in [0.5, 0.6) is 11.5 Å². The quantitative estimate of drug-likeness (QED) is 0.804. The Kier molecular flexibility index (Phi) is 4.32. The summed E-state index contributed by atoms with van der Waals surface area (Å²) < 4.78 is 15.2. The van der Waals surface area contributed by atoms with Crippen LogP contribution >= 0.6 is 0 Å². The molecule has 0 aromatic heterocycles. The van der Waals surface area contributed by atoms with E-state index in [1.165, 1.54) is 7.11 Å². The molecule has 1 aliphatic heterocycles. The first-order chi connectivity index (χ1) is 10.1. The summed E-state index contributed by atoms with van der Waals surface area (Å²) in [5.41, 5.74) is 5.76. The maximum Gasteiger partial charge on any atom is 0.354 e. The van der Waals surface area contributed by atoms with Crippen molar-refractivity contribution in [3.8, 4) is 11.5 Å². The molecule has 0 bridgehead atoms. The van der Waals surface area contributed by atoms with Gasteiger partial charge in [0.05, 0.1) is 27.0 Å². The van der Waals surface area contributed by atoms with Crippen molar-refractivity contribution in [1.82, 2.24) is 0 Å². The third-order valence-electron chi connectivity index (χ3n) is 3.39. The van der Waals surface area contributed by atoms with Gasteiger partial charge in [0.1, 0.15) is 0 Å². The number of ether oxygens (including phenoxy) is 3. The molecule has 7 nitrogen and oxygen atoms in total. The molecule has 2 rings (SSSR count). The van der Waals surface area contributed by atoms with Gasteiger partial charge >= 0.3 is 5.97 Å². The lowest BCUT2D eigenvalue weighted by Gasteiger charge is -2.21. The lowest BCUT2D eigenvalue weighted by atomic mass is 9.94. The van der Waals surface area contributed by atoms with Crippen molar-refractivity contribution in [2.45, 2.75) is 12.0 Å². The number of esters is 1. The van der Waals surface area contributed by atoms with E-state index in [-0.39, 0.29) is 13.0 Å². The second-order valence-corrected chi connectivity index (χ2v) is 4.57. The third kappa shape index (κ3) is 2.64. The summed E-state index contributed by atoms with van der Waals surface area (Å²) in [4.78, 5) is 17.1. The van der Waals surface area contributed by atoms with E-state index in [4.69, 9.17) is 24.8 Å². The van der Waals surface area contributed by atoms with Crippen LogP contribution in [-0.2, 0) is 14.4 Å². The molecule has 0 aliphatic carbocycles. The van der Waals surface area contributed by atoms with Crippen LogP contribution in [-0.4, -0.2) is 45.2 Å². The monoisotopic (exact) mass is 294 g/mol. The highest BCUT2D eigenvalue weighted by molar-refractivity contribution is 6.05. The molecule has 7 heteroatoms. The normalized spacial score (nSPS) is 20.5. The van der Waals surface area contributed by atoms with E-state index >= 15 is 0 Å². The van der Waals surface area contributed by atoms with Gasteiger partial charge in [0.25, 0.3) is 5.60 Å². The number of methoxy groups -OCH3 is 3. The van der Waals surface area contributed by atoms with Crippen molar-refractivity contribution < 1.29 is 23.8 Å². The van der Waals surface area contributed by atoms with E-state index in [1.807, 2.05) is 6.07 Å². The van der Waals surface area contributed by atoms with Crippen LogP contribution in [0.15, 0.2) is 23.4 Å². The molecule has 0 amide bonds. The topological polar surface area (TPSA) is 92.4 Å². The van der Waals surface area contributed by atoms with Gasteiger partial charge in [-0.05, 0) is 18.2 Å². The predicted octanol–water partition coefficient (Wildman–Crippen LogP) is 0.699. The molecule has 0 saturated carbocycles. The number of nitrogens with zero attached hydrogens (tertiary/aromatic N) is 1. The predicted molar refractivity (Wildman–Crippen MR) is 75.6 cm³/mol. The zero-order valence-electron chi connectivity index (χ0n) is 12.2. The molecule has 0 fully saturated rings. The molecular formula is C14H18N2O5. The number of hydrogen-bond donors (Lipinski definition) is 1. The summed E-state index contributed by atoms with van der Waals surface area (Å²) in [6.07, 6.45) is 0.242. The zero-order valence-corrected chi connectivity index (χ0v) is 12.2. The van der Waals surface area contributed by atoms with Gasteiger partial charge in [-0.15, -0.1) is 0 Å². The summed E-state index contributed by atoms with van der Waals surface area (Å²) in [7, 11) is 4.40. The zero-order chi connectivity index (χ0) is 15.5. The van der Waals surface area contributed by atoms with Crippen LogP contribution in [0.25, 0.3) is 0 Å². The fourth-order valence-electron chi connectivity index (χ4n) is 2.14. The first-order valence-electron chi connectivity index (χ1n) is 6.36. The van der Waals surface area contributed by atoms with Crippen molar-refractivity contribution in [3.63, 3.8) is 0 Å². The van der Waals surface area contributed by atoms with E-state index in [2.05, 4.69) is 5.16 Å². The number of hydrogen-bond acceptors (Lipinski definition) is 7. The van der Waals surface area contributed by atoms with Crippen LogP contribution in [0.2, 0.25) is 0 Å². The Morgan fingerprint density at radius 3 is 2.62 bits per heavy atom. The molecule has 21 heavy (non-hydrogen) atoms. The maximum atomic E-state index is 11.8. The van der Waals surface area contributed by atoms with E-state index < -0.39 is 11.6 Å². The molecule has 1 aliphatic rings. The average molecular weight is 294 g/mol. The van der Waals surface area contributed by atoms with E-state index in [0.29, 0.717) is 17.2 Å². The number of carbonyl (C=O) groups excluding carboxylic acids is 1. The lowest BCUT2D eigenvalue weighted by molar-refractivity contribution is -0.165. The lowest BCUT2D eigenvalue weighted by Crippen LogP contribution is -2.46. The highest BCUT2D eigenvalue weighted by Gasteiger charge is 2.47. The molecular weight excluding hydrogens is 276 g/mol. The van der Waals surface area contributed by atoms with E-state index in [1.54, 1.807) is 26.4 Å². The van der Waals surface area contributed by atoms with Crippen molar-refractivity contribution in [2.24, 2.45) is 10.9 Å². The number of rotatable bonds is 5. The van der Waals surface area contributed by atoms with Gasteiger partial charge < -0.3 is 24.8 Å². The average Bonchev–Trinajstić information content (AvgIpc) is 2.99. The standard InChI is InChI=1S/C14H18N2O5/c1-18-11-5-4-9(6-12(11)19-2)10-7-14(8-15,21-16-10)13(17)20-3/h4-6H,7-8,15H2,1-3H3. The highest BCUT2D eigenvalue weighted by Crippen LogP contribution is 2.32. The molecule has 1 heterocycles.